The average Bonchev–Trinajstić information content (AvgIpc) is 2.83. The molecule has 1 saturated heterocycles. The summed E-state index contributed by atoms with van der Waals surface area (Å²) in [4.78, 5) is 12.4. The van der Waals surface area contributed by atoms with Gasteiger partial charge in [-0.3, -0.25) is 4.79 Å². The molecular formula is C16H25ClN2O2. The minimum absolute atomic E-state index is 0. The highest BCUT2D eigenvalue weighted by Gasteiger charge is 2.28. The van der Waals surface area contributed by atoms with Gasteiger partial charge in [0.25, 0.3) is 0 Å². The van der Waals surface area contributed by atoms with Gasteiger partial charge in [-0.25, -0.2) is 0 Å². The Labute approximate surface area is 132 Å². The van der Waals surface area contributed by atoms with Gasteiger partial charge in [-0.2, -0.15) is 0 Å². The van der Waals surface area contributed by atoms with Crippen LogP contribution in [0.1, 0.15) is 25.3 Å². The fourth-order valence-electron chi connectivity index (χ4n) is 2.77. The third-order valence-corrected chi connectivity index (χ3v) is 3.95. The Morgan fingerprint density at radius 1 is 1.33 bits per heavy atom. The average molecular weight is 313 g/mol. The first kappa shape index (κ1) is 18.0. The number of aliphatic hydroxyl groups excluding tert-OH is 1. The number of hydrogen-bond acceptors (Lipinski definition) is 3. The molecule has 3 atom stereocenters. The first-order valence-corrected chi connectivity index (χ1v) is 7.31. The molecule has 4 nitrogen and oxygen atoms in total. The van der Waals surface area contributed by atoms with Crippen molar-refractivity contribution in [3.63, 3.8) is 0 Å². The van der Waals surface area contributed by atoms with Crippen LogP contribution in [0.25, 0.3) is 0 Å². The van der Waals surface area contributed by atoms with Crippen molar-refractivity contribution >= 4 is 18.3 Å². The van der Waals surface area contributed by atoms with Gasteiger partial charge >= 0.3 is 0 Å². The molecule has 1 aliphatic heterocycles. The lowest BCUT2D eigenvalue weighted by atomic mass is 9.87. The van der Waals surface area contributed by atoms with Crippen LogP contribution < -0.4 is 10.6 Å². The summed E-state index contributed by atoms with van der Waals surface area (Å²) in [5.41, 5.74) is 1.05. The molecule has 1 aromatic carbocycles. The van der Waals surface area contributed by atoms with Gasteiger partial charge in [0.1, 0.15) is 0 Å². The van der Waals surface area contributed by atoms with Crippen LogP contribution >= 0.6 is 12.4 Å². The zero-order valence-electron chi connectivity index (χ0n) is 12.6. The molecule has 0 spiro atoms. The molecule has 2 rings (SSSR count). The van der Waals surface area contributed by atoms with Crippen LogP contribution in [0.2, 0.25) is 0 Å². The van der Waals surface area contributed by atoms with Gasteiger partial charge in [-0.15, -0.1) is 12.4 Å². The van der Waals surface area contributed by atoms with E-state index >= 15 is 0 Å². The van der Waals surface area contributed by atoms with Crippen molar-refractivity contribution in [2.75, 3.05) is 19.6 Å². The maximum atomic E-state index is 12.4. The minimum atomic E-state index is -0.357. The summed E-state index contributed by atoms with van der Waals surface area (Å²) in [5, 5.41) is 15.9. The molecule has 3 N–H and O–H groups in total. The van der Waals surface area contributed by atoms with E-state index < -0.39 is 0 Å². The van der Waals surface area contributed by atoms with Crippen molar-refractivity contribution < 1.29 is 9.90 Å². The van der Waals surface area contributed by atoms with E-state index in [-0.39, 0.29) is 42.2 Å². The van der Waals surface area contributed by atoms with E-state index in [0.29, 0.717) is 13.1 Å². The maximum Gasteiger partial charge on any atom is 0.227 e. The molecular weight excluding hydrogens is 288 g/mol. The molecule has 0 aromatic heterocycles. The second kappa shape index (κ2) is 8.37. The van der Waals surface area contributed by atoms with Gasteiger partial charge in [0.2, 0.25) is 5.91 Å². The number of carbonyl (C=O) groups excluding carboxylic acids is 1. The van der Waals surface area contributed by atoms with Crippen molar-refractivity contribution in [3.8, 4) is 0 Å². The summed E-state index contributed by atoms with van der Waals surface area (Å²) in [6, 6.07) is 9.87. The molecule has 0 bridgehead atoms. The molecule has 1 aromatic rings. The van der Waals surface area contributed by atoms with Gasteiger partial charge in [0.15, 0.2) is 0 Å². The molecule has 1 aliphatic rings. The number of nitrogens with one attached hydrogen (secondary N) is 2. The highest BCUT2D eigenvalue weighted by molar-refractivity contribution is 5.85. The lowest BCUT2D eigenvalue weighted by Gasteiger charge is -2.22. The Kier molecular flexibility index (Phi) is 7.15. The quantitative estimate of drug-likeness (QED) is 0.773. The summed E-state index contributed by atoms with van der Waals surface area (Å²) < 4.78 is 0. The smallest absolute Gasteiger partial charge is 0.227 e. The Morgan fingerprint density at radius 2 is 2.00 bits per heavy atom. The van der Waals surface area contributed by atoms with Crippen molar-refractivity contribution in [2.45, 2.75) is 25.9 Å². The SMILES string of the molecule is CC(C)C(C(=O)NCC1CNCC1O)c1ccccc1.Cl. The largest absolute Gasteiger partial charge is 0.391 e. The molecule has 118 valence electrons. The Balaban J connectivity index is 0.00000220. The van der Waals surface area contributed by atoms with E-state index in [0.717, 1.165) is 12.1 Å². The first-order valence-electron chi connectivity index (χ1n) is 7.31. The Morgan fingerprint density at radius 3 is 2.52 bits per heavy atom. The van der Waals surface area contributed by atoms with Crippen LogP contribution in [0.4, 0.5) is 0 Å². The third kappa shape index (κ3) is 4.70. The van der Waals surface area contributed by atoms with Crippen LogP contribution in [-0.4, -0.2) is 36.8 Å². The van der Waals surface area contributed by atoms with Crippen LogP contribution in [0.15, 0.2) is 30.3 Å². The third-order valence-electron chi connectivity index (χ3n) is 3.95. The van der Waals surface area contributed by atoms with E-state index in [1.807, 2.05) is 30.3 Å². The van der Waals surface area contributed by atoms with E-state index in [2.05, 4.69) is 24.5 Å². The molecule has 1 fully saturated rings. The molecule has 1 amide bonds. The first-order chi connectivity index (χ1) is 9.59. The number of aliphatic hydroxyl groups is 1. The lowest BCUT2D eigenvalue weighted by Crippen LogP contribution is -2.38. The highest BCUT2D eigenvalue weighted by Crippen LogP contribution is 2.24. The summed E-state index contributed by atoms with van der Waals surface area (Å²) >= 11 is 0. The van der Waals surface area contributed by atoms with E-state index in [1.165, 1.54) is 0 Å². The van der Waals surface area contributed by atoms with Crippen molar-refractivity contribution in [1.82, 2.24) is 10.6 Å². The van der Waals surface area contributed by atoms with E-state index in [1.54, 1.807) is 0 Å². The standard InChI is InChI=1S/C16H24N2O2.ClH/c1-11(2)15(12-6-4-3-5-7-12)16(20)18-9-13-8-17-10-14(13)19;/h3-7,11,13-15,17,19H,8-10H2,1-2H3,(H,18,20);1H. The highest BCUT2D eigenvalue weighted by atomic mass is 35.5. The zero-order valence-corrected chi connectivity index (χ0v) is 13.4. The monoisotopic (exact) mass is 312 g/mol. The second-order valence-electron chi connectivity index (χ2n) is 5.86. The molecule has 1 heterocycles. The van der Waals surface area contributed by atoms with Crippen LogP contribution in [0.3, 0.4) is 0 Å². The number of carbonyl (C=O) groups is 1. The van der Waals surface area contributed by atoms with Crippen molar-refractivity contribution in [1.29, 1.82) is 0 Å². The fraction of sp³-hybridized carbons (Fsp3) is 0.562. The number of β-amino-alcohol motifs (C(OH)–C–C–N with tert-alkyl or cyclic N) is 1. The van der Waals surface area contributed by atoms with E-state index in [4.69, 9.17) is 0 Å². The lowest BCUT2D eigenvalue weighted by molar-refractivity contribution is -0.123. The number of hydrogen-bond donors (Lipinski definition) is 3. The normalized spacial score (nSPS) is 22.7. The summed E-state index contributed by atoms with van der Waals surface area (Å²) in [6.07, 6.45) is -0.357. The zero-order chi connectivity index (χ0) is 14.5. The van der Waals surface area contributed by atoms with Gasteiger partial charge in [-0.1, -0.05) is 44.2 Å². The van der Waals surface area contributed by atoms with Crippen molar-refractivity contribution in [3.05, 3.63) is 35.9 Å². The maximum absolute atomic E-state index is 12.4. The number of amides is 1. The summed E-state index contributed by atoms with van der Waals surface area (Å²) in [7, 11) is 0. The van der Waals surface area contributed by atoms with Gasteiger partial charge in [0, 0.05) is 25.6 Å². The van der Waals surface area contributed by atoms with E-state index in [9.17, 15) is 9.90 Å². The van der Waals surface area contributed by atoms with Crippen LogP contribution in [0, 0.1) is 11.8 Å². The second-order valence-corrected chi connectivity index (χ2v) is 5.86. The van der Waals surface area contributed by atoms with Gasteiger partial charge in [-0.05, 0) is 11.5 Å². The minimum Gasteiger partial charge on any atom is -0.391 e. The molecule has 0 radical (unpaired) electrons. The molecule has 0 aliphatic carbocycles. The Bertz CT molecular complexity index is 439. The number of halogens is 1. The van der Waals surface area contributed by atoms with Crippen LogP contribution in [-0.2, 0) is 4.79 Å². The summed E-state index contributed by atoms with van der Waals surface area (Å²) in [5.74, 6) is 0.263. The molecule has 21 heavy (non-hydrogen) atoms. The van der Waals surface area contributed by atoms with Gasteiger partial charge in [0.05, 0.1) is 12.0 Å². The molecule has 5 heteroatoms. The number of rotatable bonds is 5. The fourth-order valence-corrected chi connectivity index (χ4v) is 2.77. The summed E-state index contributed by atoms with van der Waals surface area (Å²) in [6.45, 7) is 6.03. The van der Waals surface area contributed by atoms with Crippen LogP contribution in [0.5, 0.6) is 0 Å². The Hall–Kier alpha value is -1.10. The topological polar surface area (TPSA) is 61.4 Å². The molecule has 0 saturated carbocycles. The number of benzene rings is 1. The molecule has 3 unspecified atom stereocenters. The predicted molar refractivity (Wildman–Crippen MR) is 86.6 cm³/mol. The van der Waals surface area contributed by atoms with Gasteiger partial charge < -0.3 is 15.7 Å². The van der Waals surface area contributed by atoms with Crippen molar-refractivity contribution in [2.24, 2.45) is 11.8 Å². The predicted octanol–water partition coefficient (Wildman–Crippen LogP) is 1.54.